The summed E-state index contributed by atoms with van der Waals surface area (Å²) in [6, 6.07) is 4.71. The van der Waals surface area contributed by atoms with Crippen molar-refractivity contribution in [2.75, 3.05) is 50.8 Å². The maximum atomic E-state index is 10.9. The molecule has 0 aromatic heterocycles. The molecule has 1 aliphatic rings. The number of rotatable bonds is 6. The van der Waals surface area contributed by atoms with Crippen LogP contribution in [0.4, 0.5) is 5.69 Å². The van der Waals surface area contributed by atoms with E-state index in [4.69, 9.17) is 9.84 Å². The molecule has 6 nitrogen and oxygen atoms in total. The van der Waals surface area contributed by atoms with Gasteiger partial charge in [-0.15, -0.1) is 0 Å². The molecule has 0 amide bonds. The molecular formula is C15H22N2O4. The maximum absolute atomic E-state index is 10.9. The highest BCUT2D eigenvalue weighted by Gasteiger charge is 2.14. The van der Waals surface area contributed by atoms with Gasteiger partial charge in [-0.3, -0.25) is 4.90 Å². The summed E-state index contributed by atoms with van der Waals surface area (Å²) in [5, 5.41) is 18.7. The van der Waals surface area contributed by atoms with Gasteiger partial charge in [-0.2, -0.15) is 0 Å². The largest absolute Gasteiger partial charge is 0.507 e. The summed E-state index contributed by atoms with van der Waals surface area (Å²) in [5.41, 5.74) is 0.774. The van der Waals surface area contributed by atoms with Crippen LogP contribution in [-0.2, 0) is 4.74 Å². The third-order valence-electron chi connectivity index (χ3n) is 3.75. The van der Waals surface area contributed by atoms with Gasteiger partial charge in [-0.1, -0.05) is 0 Å². The number of morpholine rings is 1. The zero-order chi connectivity index (χ0) is 15.2. The number of carboxylic acids is 1. The molecule has 2 N–H and O–H groups in total. The van der Waals surface area contributed by atoms with Crippen molar-refractivity contribution in [1.29, 1.82) is 0 Å². The summed E-state index contributed by atoms with van der Waals surface area (Å²) in [6.45, 7) is 8.06. The highest BCUT2D eigenvalue weighted by Crippen LogP contribution is 2.24. The third kappa shape index (κ3) is 4.09. The first kappa shape index (κ1) is 15.6. The standard InChI is InChI=1S/C15H22N2O4/c1-2-17(6-5-16-7-9-21-10-8-16)12-3-4-13(15(19)20)14(18)11-12/h3-4,11,18H,2,5-10H2,1H3,(H,19,20). The number of likely N-dealkylation sites (N-methyl/N-ethyl adjacent to an activating group) is 1. The van der Waals surface area contributed by atoms with Gasteiger partial charge in [0.05, 0.1) is 13.2 Å². The van der Waals surface area contributed by atoms with Crippen LogP contribution in [-0.4, -0.2) is 67.0 Å². The van der Waals surface area contributed by atoms with Crippen LogP contribution < -0.4 is 4.90 Å². The summed E-state index contributed by atoms with van der Waals surface area (Å²) in [4.78, 5) is 15.4. The highest BCUT2D eigenvalue weighted by molar-refractivity contribution is 5.91. The number of carboxylic acid groups (broad SMARTS) is 1. The van der Waals surface area contributed by atoms with Crippen molar-refractivity contribution >= 4 is 11.7 Å². The van der Waals surface area contributed by atoms with Gasteiger partial charge >= 0.3 is 5.97 Å². The molecule has 0 spiro atoms. The SMILES string of the molecule is CCN(CCN1CCOCC1)c1ccc(C(=O)O)c(O)c1. The minimum Gasteiger partial charge on any atom is -0.507 e. The Kier molecular flexibility index (Phi) is 5.41. The molecule has 1 aromatic rings. The van der Waals surface area contributed by atoms with Crippen LogP contribution in [0.25, 0.3) is 0 Å². The van der Waals surface area contributed by atoms with Crippen molar-refractivity contribution < 1.29 is 19.7 Å². The lowest BCUT2D eigenvalue weighted by Gasteiger charge is -2.30. The number of aromatic carboxylic acids is 1. The minimum absolute atomic E-state index is 0.0667. The molecule has 1 heterocycles. The molecule has 0 aliphatic carbocycles. The number of ether oxygens (including phenoxy) is 1. The number of hydrogen-bond donors (Lipinski definition) is 2. The molecule has 0 radical (unpaired) electrons. The third-order valence-corrected chi connectivity index (χ3v) is 3.75. The Balaban J connectivity index is 1.99. The number of carbonyl (C=O) groups is 1. The van der Waals surface area contributed by atoms with E-state index in [2.05, 4.69) is 9.80 Å². The van der Waals surface area contributed by atoms with Crippen LogP contribution in [0.5, 0.6) is 5.75 Å². The van der Waals surface area contributed by atoms with Crippen LogP contribution in [0, 0.1) is 0 Å². The first-order valence-electron chi connectivity index (χ1n) is 7.23. The van der Waals surface area contributed by atoms with Crippen LogP contribution in [0.3, 0.4) is 0 Å². The smallest absolute Gasteiger partial charge is 0.339 e. The zero-order valence-corrected chi connectivity index (χ0v) is 12.3. The van der Waals surface area contributed by atoms with Crippen molar-refractivity contribution in [3.8, 4) is 5.75 Å². The Morgan fingerprint density at radius 3 is 2.67 bits per heavy atom. The van der Waals surface area contributed by atoms with Gasteiger partial charge in [0, 0.05) is 44.5 Å². The average molecular weight is 294 g/mol. The lowest BCUT2D eigenvalue weighted by Crippen LogP contribution is -2.41. The van der Waals surface area contributed by atoms with Crippen LogP contribution in [0.1, 0.15) is 17.3 Å². The highest BCUT2D eigenvalue weighted by atomic mass is 16.5. The molecule has 1 aliphatic heterocycles. The first-order chi connectivity index (χ1) is 10.1. The maximum Gasteiger partial charge on any atom is 0.339 e. The lowest BCUT2D eigenvalue weighted by molar-refractivity contribution is 0.0392. The van der Waals surface area contributed by atoms with Gasteiger partial charge < -0.3 is 19.8 Å². The summed E-state index contributed by atoms with van der Waals surface area (Å²) in [7, 11) is 0. The molecule has 1 aromatic carbocycles. The van der Waals surface area contributed by atoms with Gasteiger partial charge in [-0.05, 0) is 19.1 Å². The molecule has 0 bridgehead atoms. The van der Waals surface area contributed by atoms with Crippen LogP contribution in [0.2, 0.25) is 0 Å². The summed E-state index contributed by atoms with van der Waals surface area (Å²) in [5.74, 6) is -1.31. The van der Waals surface area contributed by atoms with E-state index in [1.165, 1.54) is 12.1 Å². The number of nitrogens with zero attached hydrogens (tertiary/aromatic N) is 2. The zero-order valence-electron chi connectivity index (χ0n) is 12.3. The Morgan fingerprint density at radius 1 is 1.38 bits per heavy atom. The minimum atomic E-state index is -1.12. The number of aromatic hydroxyl groups is 1. The molecule has 116 valence electrons. The molecule has 0 unspecified atom stereocenters. The van der Waals surface area contributed by atoms with Crippen molar-refractivity contribution in [2.24, 2.45) is 0 Å². The van der Waals surface area contributed by atoms with Gasteiger partial charge in [0.1, 0.15) is 11.3 Å². The van der Waals surface area contributed by atoms with E-state index in [0.717, 1.165) is 51.6 Å². The molecule has 0 atom stereocenters. The summed E-state index contributed by atoms with van der Waals surface area (Å²) >= 11 is 0. The second kappa shape index (κ2) is 7.28. The molecule has 0 saturated carbocycles. The summed E-state index contributed by atoms with van der Waals surface area (Å²) < 4.78 is 5.32. The molecule has 6 heteroatoms. The van der Waals surface area contributed by atoms with Crippen molar-refractivity contribution in [3.63, 3.8) is 0 Å². The quantitative estimate of drug-likeness (QED) is 0.822. The Hall–Kier alpha value is -1.79. The van der Waals surface area contributed by atoms with Crippen molar-refractivity contribution in [3.05, 3.63) is 23.8 Å². The van der Waals surface area contributed by atoms with E-state index in [0.29, 0.717) is 0 Å². The molecule has 1 saturated heterocycles. The Bertz CT molecular complexity index is 487. The molecule has 1 fully saturated rings. The number of benzene rings is 1. The van der Waals surface area contributed by atoms with Crippen LogP contribution >= 0.6 is 0 Å². The van der Waals surface area contributed by atoms with Gasteiger partial charge in [0.15, 0.2) is 0 Å². The monoisotopic (exact) mass is 294 g/mol. The van der Waals surface area contributed by atoms with E-state index >= 15 is 0 Å². The average Bonchev–Trinajstić information content (AvgIpc) is 2.48. The topological polar surface area (TPSA) is 73.2 Å². The van der Waals surface area contributed by atoms with E-state index in [9.17, 15) is 9.90 Å². The Morgan fingerprint density at radius 2 is 2.10 bits per heavy atom. The molecule has 2 rings (SSSR count). The molecular weight excluding hydrogens is 272 g/mol. The first-order valence-corrected chi connectivity index (χ1v) is 7.23. The normalized spacial score (nSPS) is 15.9. The second-order valence-corrected chi connectivity index (χ2v) is 5.04. The van der Waals surface area contributed by atoms with Crippen molar-refractivity contribution in [1.82, 2.24) is 4.90 Å². The van der Waals surface area contributed by atoms with Crippen molar-refractivity contribution in [2.45, 2.75) is 6.92 Å². The fourth-order valence-electron chi connectivity index (χ4n) is 2.45. The fourth-order valence-corrected chi connectivity index (χ4v) is 2.45. The van der Waals surface area contributed by atoms with Gasteiger partial charge in [0.25, 0.3) is 0 Å². The summed E-state index contributed by atoms with van der Waals surface area (Å²) in [6.07, 6.45) is 0. The van der Waals surface area contributed by atoms with E-state index in [1.54, 1.807) is 6.07 Å². The van der Waals surface area contributed by atoms with E-state index < -0.39 is 5.97 Å². The molecule has 21 heavy (non-hydrogen) atoms. The number of anilines is 1. The number of hydrogen-bond acceptors (Lipinski definition) is 5. The number of phenols is 1. The lowest BCUT2D eigenvalue weighted by atomic mass is 10.1. The predicted octanol–water partition coefficient (Wildman–Crippen LogP) is 1.25. The second-order valence-electron chi connectivity index (χ2n) is 5.04. The predicted molar refractivity (Wildman–Crippen MR) is 80.2 cm³/mol. The van der Waals surface area contributed by atoms with Gasteiger partial charge in [0.2, 0.25) is 0 Å². The van der Waals surface area contributed by atoms with E-state index in [1.807, 2.05) is 6.92 Å². The van der Waals surface area contributed by atoms with E-state index in [-0.39, 0.29) is 11.3 Å². The van der Waals surface area contributed by atoms with Crippen LogP contribution in [0.15, 0.2) is 18.2 Å². The Labute approximate surface area is 124 Å². The fraction of sp³-hybridized carbons (Fsp3) is 0.533. The van der Waals surface area contributed by atoms with Gasteiger partial charge in [-0.25, -0.2) is 4.79 Å².